The normalized spacial score (nSPS) is 46.3. The van der Waals surface area contributed by atoms with Gasteiger partial charge in [-0.1, -0.05) is 85.7 Å². The number of rotatable bonds is 5. The predicted molar refractivity (Wildman–Crippen MR) is 134 cm³/mol. The minimum atomic E-state index is -0.475. The second-order valence-corrected chi connectivity index (χ2v) is 16.3. The molecule has 3 heteroatoms. The molecule has 0 aliphatic heterocycles. The van der Waals surface area contributed by atoms with Crippen LogP contribution in [0.3, 0.4) is 0 Å². The largest absolute Gasteiger partial charge is 0.297 e. The summed E-state index contributed by atoms with van der Waals surface area (Å²) in [6.45, 7) is 12.3. The van der Waals surface area contributed by atoms with Gasteiger partial charge in [0.25, 0.3) is 0 Å². The van der Waals surface area contributed by atoms with Gasteiger partial charge in [-0.25, -0.2) is 0 Å². The van der Waals surface area contributed by atoms with Crippen LogP contribution >= 0.6 is 31.9 Å². The molecule has 172 valence electrons. The SMILES string of the molecule is CC(C)CCC[C@@H](C)[C@H]1CC[C@H]2[C@@H]3CCC4CCC(Br)(Br)C(=O)[C@]4(C)[C@H]3CC[C@]12C. The Hall–Kier alpha value is 0.630. The summed E-state index contributed by atoms with van der Waals surface area (Å²) >= 11 is 7.54. The third kappa shape index (κ3) is 3.72. The maximum atomic E-state index is 13.7. The smallest absolute Gasteiger partial charge is 0.166 e. The van der Waals surface area contributed by atoms with Crippen LogP contribution in [0.15, 0.2) is 0 Å². The zero-order valence-electron chi connectivity index (χ0n) is 20.0. The average Bonchev–Trinajstić information content (AvgIpc) is 3.03. The molecule has 0 amide bonds. The van der Waals surface area contributed by atoms with E-state index in [1.807, 2.05) is 0 Å². The number of Topliss-reactive ketones (excluding diaryl/α,β-unsaturated/α-hetero) is 1. The van der Waals surface area contributed by atoms with Crippen molar-refractivity contribution in [3.63, 3.8) is 0 Å². The van der Waals surface area contributed by atoms with Crippen LogP contribution in [0.25, 0.3) is 0 Å². The summed E-state index contributed by atoms with van der Waals surface area (Å²) in [5.41, 5.74) is 0.385. The van der Waals surface area contributed by atoms with Crippen molar-refractivity contribution in [2.75, 3.05) is 0 Å². The monoisotopic (exact) mass is 542 g/mol. The van der Waals surface area contributed by atoms with Gasteiger partial charge in [0.15, 0.2) is 5.78 Å². The standard InChI is InChI=1S/C27H44Br2O/c1-17(2)7-6-8-18(3)21-11-12-22-20-10-9-19-13-16-27(28,29)24(30)26(19,5)23(20)14-15-25(21,22)4/h17-23H,6-16H2,1-5H3/t18-,19?,20+,21-,22+,23+,25-,26+/m1/s1. The molecule has 4 rings (SSSR count). The Morgan fingerprint density at radius 2 is 1.63 bits per heavy atom. The van der Waals surface area contributed by atoms with E-state index in [1.165, 1.54) is 64.2 Å². The Morgan fingerprint density at radius 1 is 0.900 bits per heavy atom. The van der Waals surface area contributed by atoms with Crippen molar-refractivity contribution >= 4 is 37.6 Å². The molecule has 0 N–H and O–H groups in total. The van der Waals surface area contributed by atoms with Gasteiger partial charge in [0.05, 0.1) is 0 Å². The van der Waals surface area contributed by atoms with E-state index in [-0.39, 0.29) is 5.41 Å². The van der Waals surface area contributed by atoms with E-state index in [2.05, 4.69) is 66.5 Å². The van der Waals surface area contributed by atoms with Crippen LogP contribution in [0.2, 0.25) is 0 Å². The molecular weight excluding hydrogens is 500 g/mol. The zero-order valence-corrected chi connectivity index (χ0v) is 23.2. The van der Waals surface area contributed by atoms with Crippen molar-refractivity contribution < 1.29 is 4.79 Å². The highest BCUT2D eigenvalue weighted by atomic mass is 79.9. The summed E-state index contributed by atoms with van der Waals surface area (Å²) < 4.78 is -0.475. The highest BCUT2D eigenvalue weighted by Gasteiger charge is 2.64. The first-order valence-corrected chi connectivity index (χ1v) is 14.5. The fourth-order valence-electron chi connectivity index (χ4n) is 9.12. The fourth-order valence-corrected chi connectivity index (χ4v) is 10.4. The average molecular weight is 544 g/mol. The number of halogens is 2. The molecule has 4 saturated carbocycles. The number of carbonyl (C=O) groups excluding carboxylic acids is 1. The van der Waals surface area contributed by atoms with Gasteiger partial charge in [-0.15, -0.1) is 0 Å². The summed E-state index contributed by atoms with van der Waals surface area (Å²) in [6, 6.07) is 0. The molecule has 4 aliphatic carbocycles. The number of fused-ring (bicyclic) bond motifs is 5. The van der Waals surface area contributed by atoms with Gasteiger partial charge in [0.2, 0.25) is 0 Å². The lowest BCUT2D eigenvalue weighted by Gasteiger charge is -2.61. The highest BCUT2D eigenvalue weighted by Crippen LogP contribution is 2.69. The first-order chi connectivity index (χ1) is 14.0. The summed E-state index contributed by atoms with van der Waals surface area (Å²) in [5, 5.41) is 0. The lowest BCUT2D eigenvalue weighted by atomic mass is 9.44. The maximum Gasteiger partial charge on any atom is 0.166 e. The van der Waals surface area contributed by atoms with E-state index in [0.29, 0.717) is 23.0 Å². The topological polar surface area (TPSA) is 17.1 Å². The molecule has 30 heavy (non-hydrogen) atoms. The Balaban J connectivity index is 1.52. The third-order valence-corrected chi connectivity index (χ3v) is 12.2. The van der Waals surface area contributed by atoms with Gasteiger partial charge < -0.3 is 0 Å². The lowest BCUT2D eigenvalue weighted by molar-refractivity contribution is -0.156. The molecule has 8 atom stereocenters. The van der Waals surface area contributed by atoms with Crippen molar-refractivity contribution in [2.45, 2.75) is 108 Å². The highest BCUT2D eigenvalue weighted by molar-refractivity contribution is 9.25. The van der Waals surface area contributed by atoms with Crippen LogP contribution in [0, 0.1) is 52.3 Å². The van der Waals surface area contributed by atoms with E-state index in [9.17, 15) is 4.79 Å². The van der Waals surface area contributed by atoms with E-state index in [1.54, 1.807) is 0 Å². The molecule has 0 bridgehead atoms. The summed E-state index contributed by atoms with van der Waals surface area (Å²) in [5.74, 6) is 5.88. The number of alkyl halides is 2. The second kappa shape index (κ2) is 8.44. The maximum absolute atomic E-state index is 13.7. The minimum absolute atomic E-state index is 0.129. The Labute approximate surface area is 202 Å². The Morgan fingerprint density at radius 3 is 2.33 bits per heavy atom. The Bertz CT molecular complexity index is 657. The van der Waals surface area contributed by atoms with Crippen molar-refractivity contribution in [1.82, 2.24) is 0 Å². The van der Waals surface area contributed by atoms with E-state index < -0.39 is 3.23 Å². The summed E-state index contributed by atoms with van der Waals surface area (Å²) in [6.07, 6.45) is 14.5. The lowest BCUT2D eigenvalue weighted by Crippen LogP contribution is -2.60. The van der Waals surface area contributed by atoms with Crippen LogP contribution in [0.5, 0.6) is 0 Å². The second-order valence-electron chi connectivity index (χ2n) is 12.5. The van der Waals surface area contributed by atoms with Crippen molar-refractivity contribution in [3.05, 3.63) is 0 Å². The number of hydrogen-bond donors (Lipinski definition) is 0. The van der Waals surface area contributed by atoms with Crippen molar-refractivity contribution in [1.29, 1.82) is 0 Å². The van der Waals surface area contributed by atoms with Gasteiger partial charge >= 0.3 is 0 Å². The number of hydrogen-bond acceptors (Lipinski definition) is 1. The molecule has 0 saturated heterocycles. The molecule has 4 aliphatic rings. The first-order valence-electron chi connectivity index (χ1n) is 12.9. The van der Waals surface area contributed by atoms with E-state index >= 15 is 0 Å². The van der Waals surface area contributed by atoms with Gasteiger partial charge in [0, 0.05) is 5.41 Å². The molecule has 0 aromatic rings. The fraction of sp³-hybridized carbons (Fsp3) is 0.963. The minimum Gasteiger partial charge on any atom is -0.297 e. The summed E-state index contributed by atoms with van der Waals surface area (Å²) in [4.78, 5) is 13.7. The molecule has 1 nitrogen and oxygen atoms in total. The molecule has 4 fully saturated rings. The van der Waals surface area contributed by atoms with Gasteiger partial charge in [-0.05, 0) is 98.2 Å². The van der Waals surface area contributed by atoms with Crippen LogP contribution < -0.4 is 0 Å². The van der Waals surface area contributed by atoms with Gasteiger partial charge in [-0.2, -0.15) is 0 Å². The van der Waals surface area contributed by atoms with Gasteiger partial charge in [0.1, 0.15) is 3.23 Å². The van der Waals surface area contributed by atoms with Crippen LogP contribution in [-0.4, -0.2) is 9.02 Å². The quantitative estimate of drug-likeness (QED) is 0.316. The molecule has 0 radical (unpaired) electrons. The third-order valence-electron chi connectivity index (χ3n) is 10.7. The number of ketones is 1. The molecule has 0 spiro atoms. The molecular formula is C27H44Br2O. The van der Waals surface area contributed by atoms with E-state index in [0.717, 1.165) is 36.0 Å². The Kier molecular flexibility index (Phi) is 6.69. The zero-order chi connectivity index (χ0) is 21.9. The summed E-state index contributed by atoms with van der Waals surface area (Å²) in [7, 11) is 0. The number of carbonyl (C=O) groups is 1. The molecule has 1 unspecified atom stereocenters. The first kappa shape index (κ1) is 23.8. The van der Waals surface area contributed by atoms with Crippen molar-refractivity contribution in [2.24, 2.45) is 52.3 Å². The van der Waals surface area contributed by atoms with Gasteiger partial charge in [-0.3, -0.25) is 4.79 Å². The van der Waals surface area contributed by atoms with Crippen LogP contribution in [-0.2, 0) is 4.79 Å². The molecule has 0 aromatic heterocycles. The van der Waals surface area contributed by atoms with Crippen LogP contribution in [0.4, 0.5) is 0 Å². The van der Waals surface area contributed by atoms with Crippen LogP contribution in [0.1, 0.15) is 105 Å². The van der Waals surface area contributed by atoms with E-state index in [4.69, 9.17) is 0 Å². The molecule has 0 aromatic carbocycles. The predicted octanol–water partition coefficient (Wildman–Crippen LogP) is 8.77. The molecule has 0 heterocycles. The van der Waals surface area contributed by atoms with Crippen molar-refractivity contribution in [3.8, 4) is 0 Å².